The van der Waals surface area contributed by atoms with Crippen LogP contribution in [0.1, 0.15) is 11.8 Å². The average Bonchev–Trinajstić information content (AvgIpc) is 2.38. The molecule has 0 spiro atoms. The van der Waals surface area contributed by atoms with E-state index < -0.39 is 0 Å². The number of hydrogen-bond donors (Lipinski definition) is 1. The second-order valence-corrected chi connectivity index (χ2v) is 2.78. The van der Waals surface area contributed by atoms with Gasteiger partial charge in [-0.2, -0.15) is 0 Å². The summed E-state index contributed by atoms with van der Waals surface area (Å²) in [5.74, 6) is 0.650. The highest BCUT2D eigenvalue weighted by atomic mass is 32.1. The maximum absolute atomic E-state index is 5.61. The third-order valence-corrected chi connectivity index (χ3v) is 1.99. The van der Waals surface area contributed by atoms with Crippen molar-refractivity contribution in [2.45, 2.75) is 6.92 Å². The van der Waals surface area contributed by atoms with E-state index in [1.54, 1.807) is 11.3 Å². The largest absolute Gasteiger partial charge is 0.383 e. The second kappa shape index (κ2) is 3.37. The van der Waals surface area contributed by atoms with E-state index in [0.29, 0.717) is 5.84 Å². The summed E-state index contributed by atoms with van der Waals surface area (Å²) in [6.45, 7) is 2.73. The molecule has 0 aliphatic heterocycles. The zero-order valence-electron chi connectivity index (χ0n) is 5.87. The summed E-state index contributed by atoms with van der Waals surface area (Å²) < 4.78 is 0. The normalized spacial score (nSPS) is 11.9. The first-order valence-electron chi connectivity index (χ1n) is 3.18. The summed E-state index contributed by atoms with van der Waals surface area (Å²) in [6, 6.07) is 3.94. The van der Waals surface area contributed by atoms with Crippen LogP contribution in [0.25, 0.3) is 0 Å². The molecule has 1 aromatic heterocycles. The van der Waals surface area contributed by atoms with Crippen molar-refractivity contribution in [3.8, 4) is 0 Å². The molecule has 1 heterocycles. The fourth-order valence-corrected chi connectivity index (χ4v) is 1.32. The molecule has 0 aliphatic rings. The van der Waals surface area contributed by atoms with Crippen LogP contribution < -0.4 is 5.73 Å². The van der Waals surface area contributed by atoms with Gasteiger partial charge in [0.05, 0.1) is 4.88 Å². The Morgan fingerprint density at radius 2 is 2.60 bits per heavy atom. The van der Waals surface area contributed by atoms with E-state index in [2.05, 4.69) is 4.99 Å². The van der Waals surface area contributed by atoms with Crippen molar-refractivity contribution in [1.82, 2.24) is 0 Å². The molecule has 10 heavy (non-hydrogen) atoms. The molecule has 0 fully saturated rings. The lowest BCUT2D eigenvalue weighted by Gasteiger charge is -1.92. The molecule has 0 aliphatic carbocycles. The predicted octanol–water partition coefficient (Wildman–Crippen LogP) is 1.47. The number of aliphatic imine (C=N–C) groups is 1. The van der Waals surface area contributed by atoms with Crippen LogP contribution in [-0.2, 0) is 0 Å². The molecule has 1 aromatic rings. The van der Waals surface area contributed by atoms with Crippen LogP contribution in [0.3, 0.4) is 0 Å². The van der Waals surface area contributed by atoms with Gasteiger partial charge >= 0.3 is 0 Å². The third-order valence-electron chi connectivity index (χ3n) is 1.10. The third kappa shape index (κ3) is 1.57. The standard InChI is InChI=1S/C7H10N2S/c1-2-9-7(8)6-4-3-5-10-6/h3-5H,2H2,1H3,(H2,8,9). The van der Waals surface area contributed by atoms with E-state index in [9.17, 15) is 0 Å². The number of amidine groups is 1. The Kier molecular flexibility index (Phi) is 2.45. The van der Waals surface area contributed by atoms with Gasteiger partial charge in [-0.1, -0.05) is 6.07 Å². The van der Waals surface area contributed by atoms with Crippen LogP contribution in [0.2, 0.25) is 0 Å². The molecule has 0 saturated heterocycles. The maximum atomic E-state index is 5.61. The van der Waals surface area contributed by atoms with Gasteiger partial charge in [-0.3, -0.25) is 4.99 Å². The highest BCUT2D eigenvalue weighted by Gasteiger charge is 1.95. The van der Waals surface area contributed by atoms with Crippen molar-refractivity contribution in [2.24, 2.45) is 10.7 Å². The van der Waals surface area contributed by atoms with Gasteiger partial charge in [-0.15, -0.1) is 11.3 Å². The first-order valence-corrected chi connectivity index (χ1v) is 4.06. The molecule has 1 rings (SSSR count). The highest BCUT2D eigenvalue weighted by molar-refractivity contribution is 7.12. The second-order valence-electron chi connectivity index (χ2n) is 1.84. The number of hydrogen-bond acceptors (Lipinski definition) is 2. The van der Waals surface area contributed by atoms with Crippen molar-refractivity contribution >= 4 is 17.2 Å². The zero-order valence-corrected chi connectivity index (χ0v) is 6.69. The Hall–Kier alpha value is -0.830. The van der Waals surface area contributed by atoms with Gasteiger partial charge in [0.1, 0.15) is 5.84 Å². The van der Waals surface area contributed by atoms with Gasteiger partial charge in [0, 0.05) is 6.54 Å². The van der Waals surface area contributed by atoms with Crippen LogP contribution in [0, 0.1) is 0 Å². The minimum Gasteiger partial charge on any atom is -0.383 e. The lowest BCUT2D eigenvalue weighted by Crippen LogP contribution is -2.11. The first-order chi connectivity index (χ1) is 4.84. The van der Waals surface area contributed by atoms with Gasteiger partial charge in [-0.25, -0.2) is 0 Å². The highest BCUT2D eigenvalue weighted by Crippen LogP contribution is 2.06. The van der Waals surface area contributed by atoms with Gasteiger partial charge in [0.15, 0.2) is 0 Å². The monoisotopic (exact) mass is 154 g/mol. The quantitative estimate of drug-likeness (QED) is 0.508. The summed E-state index contributed by atoms with van der Waals surface area (Å²) in [7, 11) is 0. The Labute approximate surface area is 64.4 Å². The van der Waals surface area contributed by atoms with E-state index in [0.717, 1.165) is 11.4 Å². The Morgan fingerprint density at radius 3 is 3.10 bits per heavy atom. The topological polar surface area (TPSA) is 38.4 Å². The van der Waals surface area contributed by atoms with E-state index in [4.69, 9.17) is 5.73 Å². The maximum Gasteiger partial charge on any atom is 0.135 e. The van der Waals surface area contributed by atoms with Gasteiger partial charge in [0.2, 0.25) is 0 Å². The molecule has 3 heteroatoms. The lowest BCUT2D eigenvalue weighted by molar-refractivity contribution is 1.12. The molecule has 2 nitrogen and oxygen atoms in total. The van der Waals surface area contributed by atoms with Crippen LogP contribution in [0.15, 0.2) is 22.5 Å². The summed E-state index contributed by atoms with van der Waals surface area (Å²) in [4.78, 5) is 5.13. The smallest absolute Gasteiger partial charge is 0.135 e. The van der Waals surface area contributed by atoms with Crippen molar-refractivity contribution in [3.05, 3.63) is 22.4 Å². The number of nitrogens with zero attached hydrogens (tertiary/aromatic N) is 1. The van der Waals surface area contributed by atoms with Crippen molar-refractivity contribution in [3.63, 3.8) is 0 Å². The molecule has 0 atom stereocenters. The average molecular weight is 154 g/mol. The Balaban J connectivity index is 2.77. The summed E-state index contributed by atoms with van der Waals surface area (Å²) in [6.07, 6.45) is 0. The van der Waals surface area contributed by atoms with Gasteiger partial charge < -0.3 is 5.73 Å². The Morgan fingerprint density at radius 1 is 1.80 bits per heavy atom. The molecular weight excluding hydrogens is 144 g/mol. The minimum absolute atomic E-state index is 0.650. The molecule has 0 amide bonds. The first kappa shape index (κ1) is 7.28. The lowest BCUT2D eigenvalue weighted by atomic mass is 10.4. The number of nitrogens with two attached hydrogens (primary N) is 1. The van der Waals surface area contributed by atoms with Crippen molar-refractivity contribution in [1.29, 1.82) is 0 Å². The molecule has 0 bridgehead atoms. The van der Waals surface area contributed by atoms with Gasteiger partial charge in [-0.05, 0) is 18.4 Å². The minimum atomic E-state index is 0.650. The molecule has 0 unspecified atom stereocenters. The molecule has 0 saturated carbocycles. The fourth-order valence-electron chi connectivity index (χ4n) is 0.673. The Bertz CT molecular complexity index is 214. The van der Waals surface area contributed by atoms with Crippen LogP contribution >= 0.6 is 11.3 Å². The summed E-state index contributed by atoms with van der Waals surface area (Å²) >= 11 is 1.62. The van der Waals surface area contributed by atoms with Crippen LogP contribution in [0.5, 0.6) is 0 Å². The summed E-state index contributed by atoms with van der Waals surface area (Å²) in [5.41, 5.74) is 5.61. The summed E-state index contributed by atoms with van der Waals surface area (Å²) in [5, 5.41) is 1.99. The molecule has 54 valence electrons. The van der Waals surface area contributed by atoms with Crippen LogP contribution in [0.4, 0.5) is 0 Å². The number of thiophene rings is 1. The fraction of sp³-hybridized carbons (Fsp3) is 0.286. The van der Waals surface area contributed by atoms with E-state index in [1.165, 1.54) is 0 Å². The van der Waals surface area contributed by atoms with Crippen molar-refractivity contribution < 1.29 is 0 Å². The van der Waals surface area contributed by atoms with Crippen molar-refractivity contribution in [2.75, 3.05) is 6.54 Å². The van der Waals surface area contributed by atoms with E-state index >= 15 is 0 Å². The molecule has 0 aromatic carbocycles. The molecule has 0 radical (unpaired) electrons. The van der Waals surface area contributed by atoms with E-state index in [1.807, 2.05) is 24.4 Å². The predicted molar refractivity (Wildman–Crippen MR) is 45.6 cm³/mol. The molecule has 2 N–H and O–H groups in total. The van der Waals surface area contributed by atoms with E-state index in [-0.39, 0.29) is 0 Å². The molecular formula is C7H10N2S. The number of rotatable bonds is 2. The SMILES string of the molecule is CCN=C(N)c1cccs1. The van der Waals surface area contributed by atoms with Gasteiger partial charge in [0.25, 0.3) is 0 Å². The zero-order chi connectivity index (χ0) is 7.40. The van der Waals surface area contributed by atoms with Crippen LogP contribution in [-0.4, -0.2) is 12.4 Å².